The normalized spacial score (nSPS) is 14.1. The molecule has 2 N–H and O–H groups in total. The molecule has 0 aliphatic carbocycles. The van der Waals surface area contributed by atoms with Crippen molar-refractivity contribution in [2.45, 2.75) is 19.3 Å². The molecule has 0 aromatic heterocycles. The third-order valence-corrected chi connectivity index (χ3v) is 3.28. The first-order chi connectivity index (χ1) is 8.76. The van der Waals surface area contributed by atoms with Gasteiger partial charge < -0.3 is 15.3 Å². The zero-order valence-corrected chi connectivity index (χ0v) is 10.8. The highest BCUT2D eigenvalue weighted by Gasteiger charge is 2.26. The van der Waals surface area contributed by atoms with E-state index in [4.69, 9.17) is 5.11 Å². The molecular weight excluding hydrogens is 228 g/mol. The first-order valence-electron chi connectivity index (χ1n) is 6.44. The minimum Gasteiger partial charge on any atom is -0.396 e. The van der Waals surface area contributed by atoms with Gasteiger partial charge in [-0.05, 0) is 43.6 Å². The van der Waals surface area contributed by atoms with Gasteiger partial charge >= 0.3 is 0 Å². The molecule has 1 heterocycles. The third kappa shape index (κ3) is 2.71. The monoisotopic (exact) mass is 248 g/mol. The first-order valence-corrected chi connectivity index (χ1v) is 6.44. The van der Waals surface area contributed by atoms with Crippen molar-refractivity contribution >= 4 is 11.6 Å². The van der Waals surface area contributed by atoms with Crippen molar-refractivity contribution in [3.05, 3.63) is 29.3 Å². The summed E-state index contributed by atoms with van der Waals surface area (Å²) in [5, 5.41) is 12.0. The quantitative estimate of drug-likeness (QED) is 0.780. The van der Waals surface area contributed by atoms with Crippen LogP contribution >= 0.6 is 0 Å². The van der Waals surface area contributed by atoms with Crippen molar-refractivity contribution in [2.24, 2.45) is 0 Å². The van der Waals surface area contributed by atoms with Crippen molar-refractivity contribution < 1.29 is 9.90 Å². The number of nitrogens with one attached hydrogen (secondary N) is 1. The number of nitrogens with zero attached hydrogens (tertiary/aromatic N) is 1. The van der Waals surface area contributed by atoms with Gasteiger partial charge in [0.1, 0.15) is 0 Å². The second kappa shape index (κ2) is 5.98. The molecular formula is C14H20N2O2. The predicted molar refractivity (Wildman–Crippen MR) is 71.8 cm³/mol. The van der Waals surface area contributed by atoms with Gasteiger partial charge in [-0.15, -0.1) is 0 Å². The summed E-state index contributed by atoms with van der Waals surface area (Å²) in [5.41, 5.74) is 3.40. The molecule has 1 amide bonds. The van der Waals surface area contributed by atoms with Gasteiger partial charge in [0.15, 0.2) is 0 Å². The summed E-state index contributed by atoms with van der Waals surface area (Å²) in [7, 11) is 1.94. The number of benzene rings is 1. The number of anilines is 1. The van der Waals surface area contributed by atoms with Crippen LogP contribution in [0.4, 0.5) is 5.69 Å². The zero-order chi connectivity index (χ0) is 13.0. The van der Waals surface area contributed by atoms with Crippen LogP contribution in [-0.4, -0.2) is 37.8 Å². The average molecular weight is 248 g/mol. The van der Waals surface area contributed by atoms with Crippen LogP contribution in [0.15, 0.2) is 18.2 Å². The highest BCUT2D eigenvalue weighted by molar-refractivity contribution is 6.01. The summed E-state index contributed by atoms with van der Waals surface area (Å²) in [6, 6.07) is 6.24. The van der Waals surface area contributed by atoms with Gasteiger partial charge in [0.2, 0.25) is 5.91 Å². The second-order valence-corrected chi connectivity index (χ2v) is 4.62. The van der Waals surface area contributed by atoms with Gasteiger partial charge in [0, 0.05) is 18.8 Å². The number of hydrogen-bond acceptors (Lipinski definition) is 3. The van der Waals surface area contributed by atoms with E-state index in [1.165, 1.54) is 5.56 Å². The lowest BCUT2D eigenvalue weighted by Crippen LogP contribution is -2.28. The Labute approximate surface area is 108 Å². The molecule has 0 fully saturated rings. The molecule has 2 rings (SSSR count). The summed E-state index contributed by atoms with van der Waals surface area (Å²) in [4.78, 5) is 13.7. The maximum atomic E-state index is 11.9. The fraction of sp³-hybridized carbons (Fsp3) is 0.500. The molecule has 18 heavy (non-hydrogen) atoms. The minimum atomic E-state index is 0.124. The van der Waals surface area contributed by atoms with E-state index in [-0.39, 0.29) is 12.5 Å². The SMILES string of the molecule is CNCCc1ccc2c(c1)CC(=O)N2CCCO. The molecule has 1 aliphatic heterocycles. The molecule has 0 spiro atoms. The number of aliphatic hydroxyl groups excluding tert-OH is 1. The maximum absolute atomic E-state index is 11.9. The average Bonchev–Trinajstić information content (AvgIpc) is 2.68. The molecule has 0 bridgehead atoms. The van der Waals surface area contributed by atoms with Crippen LogP contribution in [-0.2, 0) is 17.6 Å². The Morgan fingerprint density at radius 1 is 1.44 bits per heavy atom. The van der Waals surface area contributed by atoms with E-state index in [2.05, 4.69) is 17.4 Å². The highest BCUT2D eigenvalue weighted by Crippen LogP contribution is 2.29. The standard InChI is InChI=1S/C14H20N2O2/c1-15-6-5-11-3-4-13-12(9-11)10-14(18)16(13)7-2-8-17/h3-4,9,15,17H,2,5-8,10H2,1H3. The minimum absolute atomic E-state index is 0.124. The molecule has 1 aromatic rings. The topological polar surface area (TPSA) is 52.6 Å². The molecule has 0 saturated carbocycles. The van der Waals surface area contributed by atoms with E-state index >= 15 is 0 Å². The predicted octanol–water partition coefficient (Wildman–Crippen LogP) is 0.720. The van der Waals surface area contributed by atoms with Gasteiger partial charge in [0.25, 0.3) is 0 Å². The molecule has 0 unspecified atom stereocenters. The van der Waals surface area contributed by atoms with Gasteiger partial charge in [-0.25, -0.2) is 0 Å². The Bertz CT molecular complexity index is 432. The number of rotatable bonds is 6. The van der Waals surface area contributed by atoms with Crippen LogP contribution in [0.3, 0.4) is 0 Å². The molecule has 4 nitrogen and oxygen atoms in total. The Kier molecular flexibility index (Phi) is 4.33. The Morgan fingerprint density at radius 2 is 2.28 bits per heavy atom. The molecule has 4 heteroatoms. The lowest BCUT2D eigenvalue weighted by Gasteiger charge is -2.17. The second-order valence-electron chi connectivity index (χ2n) is 4.62. The van der Waals surface area contributed by atoms with Gasteiger partial charge in [-0.1, -0.05) is 12.1 Å². The molecule has 0 saturated heterocycles. The smallest absolute Gasteiger partial charge is 0.231 e. The summed E-state index contributed by atoms with van der Waals surface area (Å²) in [6.07, 6.45) is 2.11. The summed E-state index contributed by atoms with van der Waals surface area (Å²) in [6.45, 7) is 1.68. The number of aliphatic hydroxyl groups is 1. The number of fused-ring (bicyclic) bond motifs is 1. The lowest BCUT2D eigenvalue weighted by atomic mass is 10.1. The number of likely N-dealkylation sites (N-methyl/N-ethyl adjacent to an activating group) is 1. The van der Waals surface area contributed by atoms with Crippen LogP contribution < -0.4 is 10.2 Å². The van der Waals surface area contributed by atoms with Gasteiger partial charge in [-0.3, -0.25) is 4.79 Å². The fourth-order valence-corrected chi connectivity index (χ4v) is 2.34. The van der Waals surface area contributed by atoms with E-state index < -0.39 is 0 Å². The summed E-state index contributed by atoms with van der Waals surface area (Å²) >= 11 is 0. The lowest BCUT2D eigenvalue weighted by molar-refractivity contribution is -0.117. The molecule has 1 aromatic carbocycles. The van der Waals surface area contributed by atoms with Crippen molar-refractivity contribution in [2.75, 3.05) is 31.6 Å². The van der Waals surface area contributed by atoms with Crippen LogP contribution in [0.25, 0.3) is 0 Å². The van der Waals surface area contributed by atoms with Crippen molar-refractivity contribution in [1.29, 1.82) is 0 Å². The van der Waals surface area contributed by atoms with E-state index in [0.29, 0.717) is 19.4 Å². The Morgan fingerprint density at radius 3 is 3.00 bits per heavy atom. The largest absolute Gasteiger partial charge is 0.396 e. The third-order valence-electron chi connectivity index (χ3n) is 3.28. The molecule has 98 valence electrons. The van der Waals surface area contributed by atoms with Gasteiger partial charge in [-0.2, -0.15) is 0 Å². The van der Waals surface area contributed by atoms with Crippen LogP contribution in [0.2, 0.25) is 0 Å². The molecule has 0 radical (unpaired) electrons. The Hall–Kier alpha value is -1.39. The zero-order valence-electron chi connectivity index (χ0n) is 10.8. The van der Waals surface area contributed by atoms with Crippen LogP contribution in [0.5, 0.6) is 0 Å². The Balaban J connectivity index is 2.13. The van der Waals surface area contributed by atoms with E-state index in [9.17, 15) is 4.79 Å². The van der Waals surface area contributed by atoms with E-state index in [0.717, 1.165) is 24.2 Å². The van der Waals surface area contributed by atoms with Crippen molar-refractivity contribution in [3.63, 3.8) is 0 Å². The first kappa shape index (κ1) is 13.1. The maximum Gasteiger partial charge on any atom is 0.231 e. The number of hydrogen-bond donors (Lipinski definition) is 2. The van der Waals surface area contributed by atoms with E-state index in [1.54, 1.807) is 4.90 Å². The summed E-state index contributed by atoms with van der Waals surface area (Å²) < 4.78 is 0. The molecule has 0 atom stereocenters. The van der Waals surface area contributed by atoms with Gasteiger partial charge in [0.05, 0.1) is 6.42 Å². The summed E-state index contributed by atoms with van der Waals surface area (Å²) in [5.74, 6) is 0.143. The highest BCUT2D eigenvalue weighted by atomic mass is 16.3. The van der Waals surface area contributed by atoms with E-state index in [1.807, 2.05) is 13.1 Å². The number of amides is 1. The van der Waals surface area contributed by atoms with Crippen molar-refractivity contribution in [3.8, 4) is 0 Å². The fourth-order valence-electron chi connectivity index (χ4n) is 2.34. The number of carbonyl (C=O) groups is 1. The van der Waals surface area contributed by atoms with Crippen LogP contribution in [0, 0.1) is 0 Å². The van der Waals surface area contributed by atoms with Crippen molar-refractivity contribution in [1.82, 2.24) is 5.32 Å². The molecule has 1 aliphatic rings. The number of carbonyl (C=O) groups excluding carboxylic acids is 1. The van der Waals surface area contributed by atoms with Crippen LogP contribution in [0.1, 0.15) is 17.5 Å².